The van der Waals surface area contributed by atoms with Gasteiger partial charge in [0.2, 0.25) is 0 Å². The van der Waals surface area contributed by atoms with Gasteiger partial charge in [-0.1, -0.05) is 53.9 Å². The molecule has 4 aliphatic carbocycles. The molecule has 4 saturated carbocycles. The smallest absolute Gasteiger partial charge is 0.135 e. The van der Waals surface area contributed by atoms with Gasteiger partial charge in [-0.05, 0) is 79.4 Å². The summed E-state index contributed by atoms with van der Waals surface area (Å²) in [6.45, 7) is 12.1. The van der Waals surface area contributed by atoms with E-state index in [0.717, 1.165) is 36.5 Å². The van der Waals surface area contributed by atoms with Crippen molar-refractivity contribution in [2.45, 2.75) is 116 Å². The molecule has 2 nitrogen and oxygen atoms in total. The number of rotatable bonds is 5. The molecule has 0 amide bonds. The Morgan fingerprint density at radius 2 is 1.80 bits per heavy atom. The van der Waals surface area contributed by atoms with Crippen LogP contribution in [-0.4, -0.2) is 21.9 Å². The third-order valence-corrected chi connectivity index (χ3v) is 11.4. The largest absolute Gasteiger partial charge is 0.387 e. The second-order valence-electron chi connectivity index (χ2n) is 12.7. The summed E-state index contributed by atoms with van der Waals surface area (Å²) in [6.07, 6.45) is 11.9. The van der Waals surface area contributed by atoms with E-state index in [1.807, 2.05) is 0 Å². The average Bonchev–Trinajstić information content (AvgIpc) is 3.01. The summed E-state index contributed by atoms with van der Waals surface area (Å²) in [5, 5.41) is 11.4. The number of halogens is 1. The first-order valence-electron chi connectivity index (χ1n) is 12.9. The maximum atomic E-state index is 12.2. The average molecular weight is 437 g/mol. The highest BCUT2D eigenvalue weighted by atomic mass is 35.5. The van der Waals surface area contributed by atoms with Crippen LogP contribution >= 0.6 is 11.6 Å². The maximum absolute atomic E-state index is 12.2. The quantitative estimate of drug-likeness (QED) is 0.470. The van der Waals surface area contributed by atoms with E-state index in [0.29, 0.717) is 23.7 Å². The van der Waals surface area contributed by atoms with Gasteiger partial charge in [0, 0.05) is 18.3 Å². The van der Waals surface area contributed by atoms with Gasteiger partial charge in [-0.15, -0.1) is 11.6 Å². The first kappa shape index (κ1) is 23.1. The molecule has 4 rings (SSSR count). The Balaban J connectivity index is 1.54. The normalized spacial score (nSPS) is 49.5. The van der Waals surface area contributed by atoms with E-state index >= 15 is 0 Å². The Morgan fingerprint density at radius 3 is 2.50 bits per heavy atom. The molecule has 0 saturated heterocycles. The lowest BCUT2D eigenvalue weighted by Crippen LogP contribution is -2.67. The molecule has 30 heavy (non-hydrogen) atoms. The van der Waals surface area contributed by atoms with Crippen LogP contribution in [0.2, 0.25) is 0 Å². The molecule has 172 valence electrons. The Labute approximate surface area is 189 Å². The van der Waals surface area contributed by atoms with Crippen LogP contribution in [0, 0.1) is 46.3 Å². The molecule has 0 unspecified atom stereocenters. The zero-order valence-electron chi connectivity index (χ0n) is 20.1. The van der Waals surface area contributed by atoms with Gasteiger partial charge in [-0.25, -0.2) is 0 Å². The monoisotopic (exact) mass is 436 g/mol. The molecule has 0 bridgehead atoms. The molecule has 4 fully saturated rings. The van der Waals surface area contributed by atoms with Crippen molar-refractivity contribution in [3.8, 4) is 0 Å². The highest BCUT2D eigenvalue weighted by Gasteiger charge is 2.67. The fourth-order valence-corrected chi connectivity index (χ4v) is 9.58. The summed E-state index contributed by atoms with van der Waals surface area (Å²) < 4.78 is 0. The lowest BCUT2D eigenvalue weighted by molar-refractivity contribution is -0.201. The van der Waals surface area contributed by atoms with Crippen LogP contribution in [-0.2, 0) is 4.79 Å². The second-order valence-corrected chi connectivity index (χ2v) is 13.2. The molecule has 0 aliphatic heterocycles. The van der Waals surface area contributed by atoms with E-state index in [1.165, 1.54) is 44.9 Å². The van der Waals surface area contributed by atoms with Gasteiger partial charge in [-0.3, -0.25) is 4.79 Å². The predicted octanol–water partition coefficient (Wildman–Crippen LogP) is 7.01. The first-order valence-corrected chi connectivity index (χ1v) is 13.3. The number of aliphatic hydroxyl groups is 1. The molecular weight excluding hydrogens is 392 g/mol. The van der Waals surface area contributed by atoms with Crippen molar-refractivity contribution >= 4 is 17.4 Å². The molecule has 3 heteroatoms. The van der Waals surface area contributed by atoms with Crippen molar-refractivity contribution in [3.63, 3.8) is 0 Å². The van der Waals surface area contributed by atoms with Crippen LogP contribution in [0.4, 0.5) is 0 Å². The SMILES string of the molecule is CC(C)CCC[C@@H](C)[C@H]1CC[C@@H]2[C@@H]3C[C@@H](Cl)[C@@]4(O)CC(=O)CC[C@]4(C)[C@H]3CC[C@@]21C. The summed E-state index contributed by atoms with van der Waals surface area (Å²) in [6, 6.07) is 0. The van der Waals surface area contributed by atoms with Gasteiger partial charge >= 0.3 is 0 Å². The Kier molecular flexibility index (Phi) is 6.20. The second kappa shape index (κ2) is 8.05. The van der Waals surface area contributed by atoms with E-state index < -0.39 is 5.60 Å². The highest BCUT2D eigenvalue weighted by molar-refractivity contribution is 6.21. The number of hydrogen-bond donors (Lipinski definition) is 1. The van der Waals surface area contributed by atoms with E-state index in [1.54, 1.807) is 0 Å². The number of fused-ring (bicyclic) bond motifs is 5. The minimum atomic E-state index is -0.999. The molecule has 0 heterocycles. The van der Waals surface area contributed by atoms with Crippen molar-refractivity contribution in [2.75, 3.05) is 0 Å². The minimum Gasteiger partial charge on any atom is -0.387 e. The predicted molar refractivity (Wildman–Crippen MR) is 125 cm³/mol. The van der Waals surface area contributed by atoms with Crippen molar-refractivity contribution in [2.24, 2.45) is 46.3 Å². The van der Waals surface area contributed by atoms with Crippen molar-refractivity contribution < 1.29 is 9.90 Å². The van der Waals surface area contributed by atoms with Crippen molar-refractivity contribution in [3.05, 3.63) is 0 Å². The Hall–Kier alpha value is -0.0800. The maximum Gasteiger partial charge on any atom is 0.135 e. The number of hydrogen-bond acceptors (Lipinski definition) is 2. The molecule has 1 N–H and O–H groups in total. The van der Waals surface area contributed by atoms with Crippen LogP contribution in [0.3, 0.4) is 0 Å². The van der Waals surface area contributed by atoms with E-state index in [2.05, 4.69) is 34.6 Å². The first-order chi connectivity index (χ1) is 14.0. The van der Waals surface area contributed by atoms with Crippen LogP contribution < -0.4 is 0 Å². The van der Waals surface area contributed by atoms with E-state index in [9.17, 15) is 9.90 Å². The number of carbonyl (C=O) groups excluding carboxylic acids is 1. The lowest BCUT2D eigenvalue weighted by atomic mass is 9.43. The zero-order valence-corrected chi connectivity index (χ0v) is 20.8. The van der Waals surface area contributed by atoms with Crippen LogP contribution in [0.5, 0.6) is 0 Å². The molecule has 0 spiro atoms. The summed E-state index contributed by atoms with van der Waals surface area (Å²) in [4.78, 5) is 12.2. The van der Waals surface area contributed by atoms with Crippen LogP contribution in [0.1, 0.15) is 105 Å². The highest BCUT2D eigenvalue weighted by Crippen LogP contribution is 2.69. The van der Waals surface area contributed by atoms with E-state index in [-0.39, 0.29) is 23.0 Å². The Morgan fingerprint density at radius 1 is 1.07 bits per heavy atom. The van der Waals surface area contributed by atoms with Crippen molar-refractivity contribution in [1.82, 2.24) is 0 Å². The molecule has 4 aliphatic rings. The van der Waals surface area contributed by atoms with Gasteiger partial charge in [-0.2, -0.15) is 0 Å². The summed E-state index contributed by atoms with van der Waals surface area (Å²) in [7, 11) is 0. The zero-order chi connectivity index (χ0) is 21.9. The molecule has 0 aromatic rings. The third-order valence-electron chi connectivity index (χ3n) is 10.8. The molecular formula is C27H45ClO2. The minimum absolute atomic E-state index is 0.196. The summed E-state index contributed by atoms with van der Waals surface area (Å²) in [5.41, 5.74) is -0.759. The topological polar surface area (TPSA) is 37.3 Å². The van der Waals surface area contributed by atoms with Gasteiger partial charge < -0.3 is 5.11 Å². The number of Topliss-reactive ketones (excluding diaryl/α,β-unsaturated/α-hetero) is 1. The summed E-state index contributed by atoms with van der Waals surface area (Å²) in [5.74, 6) is 4.56. The molecule has 0 aromatic heterocycles. The fraction of sp³-hybridized carbons (Fsp3) is 0.963. The van der Waals surface area contributed by atoms with Crippen molar-refractivity contribution in [1.29, 1.82) is 0 Å². The fourth-order valence-electron chi connectivity index (χ4n) is 9.05. The lowest BCUT2D eigenvalue weighted by Gasteiger charge is -2.64. The molecule has 0 aromatic carbocycles. The summed E-state index contributed by atoms with van der Waals surface area (Å²) >= 11 is 6.94. The van der Waals surface area contributed by atoms with E-state index in [4.69, 9.17) is 11.6 Å². The van der Waals surface area contributed by atoms with Gasteiger partial charge in [0.1, 0.15) is 5.78 Å². The standard InChI is InChI=1S/C27H45ClO2/c1-17(2)7-6-8-18(3)21-9-10-22-20-15-24(28)27(30)16-19(29)11-14-26(27,5)23(20)12-13-25(21,22)4/h17-18,20-24,30H,6-16H2,1-5H3/t18-,20+,21-,22-,23+,24-,25-,26-,27+/m1/s1. The molecule has 0 radical (unpaired) electrons. The Bertz CT molecular complexity index is 661. The molecule has 9 atom stereocenters. The van der Waals surface area contributed by atoms with Gasteiger partial charge in [0.05, 0.1) is 11.0 Å². The number of ketones is 1. The van der Waals surface area contributed by atoms with Gasteiger partial charge in [0.25, 0.3) is 0 Å². The number of carbonyl (C=O) groups is 1. The third kappa shape index (κ3) is 3.42. The van der Waals surface area contributed by atoms with Crippen LogP contribution in [0.25, 0.3) is 0 Å². The number of alkyl halides is 1. The van der Waals surface area contributed by atoms with Crippen LogP contribution in [0.15, 0.2) is 0 Å². The van der Waals surface area contributed by atoms with Gasteiger partial charge in [0.15, 0.2) is 0 Å².